The van der Waals surface area contributed by atoms with Crippen LogP contribution in [0.2, 0.25) is 0 Å². The molecule has 4 rings (SSSR count). The molecule has 3 atom stereocenters. The fourth-order valence-corrected chi connectivity index (χ4v) is 4.20. The van der Waals surface area contributed by atoms with Gasteiger partial charge in [0.05, 0.1) is 0 Å². The Morgan fingerprint density at radius 2 is 2.00 bits per heavy atom. The lowest BCUT2D eigenvalue weighted by Gasteiger charge is -2.21. The van der Waals surface area contributed by atoms with Crippen molar-refractivity contribution in [3.63, 3.8) is 0 Å². The van der Waals surface area contributed by atoms with Gasteiger partial charge in [-0.05, 0) is 49.1 Å². The molecule has 1 N–H and O–H groups in total. The number of amides is 1. The van der Waals surface area contributed by atoms with Gasteiger partial charge in [0.15, 0.2) is 11.5 Å². The summed E-state index contributed by atoms with van der Waals surface area (Å²) in [5, 5.41) is 3.00. The number of nitrogens with one attached hydrogen (secondary N) is 1. The highest BCUT2D eigenvalue weighted by atomic mass is 16.6. The number of anilines is 1. The van der Waals surface area contributed by atoms with Crippen molar-refractivity contribution in [3.05, 3.63) is 18.2 Å². The van der Waals surface area contributed by atoms with E-state index in [0.29, 0.717) is 25.6 Å². The predicted molar refractivity (Wildman–Crippen MR) is 79.6 cm³/mol. The van der Waals surface area contributed by atoms with Gasteiger partial charge in [-0.1, -0.05) is 6.42 Å². The van der Waals surface area contributed by atoms with Crippen LogP contribution in [0.4, 0.5) is 5.69 Å². The third kappa shape index (κ3) is 2.59. The smallest absolute Gasteiger partial charge is 0.224 e. The Morgan fingerprint density at radius 1 is 1.14 bits per heavy atom. The highest BCUT2D eigenvalue weighted by molar-refractivity contribution is 5.91. The van der Waals surface area contributed by atoms with E-state index in [0.717, 1.165) is 29.0 Å². The highest BCUT2D eigenvalue weighted by Gasteiger charge is 2.40. The van der Waals surface area contributed by atoms with Gasteiger partial charge in [-0.25, -0.2) is 0 Å². The summed E-state index contributed by atoms with van der Waals surface area (Å²) in [5.41, 5.74) is 0.799. The summed E-state index contributed by atoms with van der Waals surface area (Å²) >= 11 is 0. The zero-order valence-corrected chi connectivity index (χ0v) is 12.1. The van der Waals surface area contributed by atoms with Crippen molar-refractivity contribution in [3.8, 4) is 11.5 Å². The molecule has 1 aliphatic heterocycles. The maximum atomic E-state index is 12.2. The van der Waals surface area contributed by atoms with Crippen LogP contribution in [0.25, 0.3) is 0 Å². The molecule has 0 spiro atoms. The minimum atomic E-state index is 0.129. The van der Waals surface area contributed by atoms with E-state index >= 15 is 0 Å². The number of fused-ring (bicyclic) bond motifs is 3. The molecule has 4 heteroatoms. The van der Waals surface area contributed by atoms with Crippen LogP contribution < -0.4 is 14.8 Å². The van der Waals surface area contributed by atoms with Gasteiger partial charge in [-0.2, -0.15) is 0 Å². The lowest BCUT2D eigenvalue weighted by atomic mass is 9.86. The molecule has 2 aliphatic carbocycles. The van der Waals surface area contributed by atoms with Crippen LogP contribution in [0, 0.1) is 17.8 Å². The zero-order chi connectivity index (χ0) is 14.2. The van der Waals surface area contributed by atoms with Crippen LogP contribution in [0.15, 0.2) is 18.2 Å². The first-order valence-corrected chi connectivity index (χ1v) is 7.97. The van der Waals surface area contributed by atoms with Crippen LogP contribution in [0.3, 0.4) is 0 Å². The summed E-state index contributed by atoms with van der Waals surface area (Å²) in [5.74, 6) is 3.89. The van der Waals surface area contributed by atoms with Crippen LogP contribution >= 0.6 is 0 Å². The molecule has 2 fully saturated rings. The topological polar surface area (TPSA) is 47.6 Å². The molecular weight excluding hydrogens is 266 g/mol. The fourth-order valence-electron chi connectivity index (χ4n) is 4.20. The van der Waals surface area contributed by atoms with E-state index in [2.05, 4.69) is 5.32 Å². The van der Waals surface area contributed by atoms with E-state index < -0.39 is 0 Å². The lowest BCUT2D eigenvalue weighted by Crippen LogP contribution is -2.20. The monoisotopic (exact) mass is 287 g/mol. The molecule has 4 nitrogen and oxygen atoms in total. The van der Waals surface area contributed by atoms with E-state index in [1.54, 1.807) is 0 Å². The van der Waals surface area contributed by atoms with Crippen LogP contribution in [0.5, 0.6) is 11.5 Å². The van der Waals surface area contributed by atoms with Crippen molar-refractivity contribution in [1.29, 1.82) is 0 Å². The number of ether oxygens (including phenoxy) is 2. The second-order valence-corrected chi connectivity index (χ2v) is 6.55. The molecule has 0 radical (unpaired) electrons. The van der Waals surface area contributed by atoms with Gasteiger partial charge in [0.25, 0.3) is 0 Å². The lowest BCUT2D eigenvalue weighted by molar-refractivity contribution is -0.117. The Balaban J connectivity index is 1.38. The minimum Gasteiger partial charge on any atom is -0.486 e. The van der Waals surface area contributed by atoms with Gasteiger partial charge in [-0.3, -0.25) is 4.79 Å². The second kappa shape index (κ2) is 5.24. The third-order valence-corrected chi connectivity index (χ3v) is 5.16. The largest absolute Gasteiger partial charge is 0.486 e. The number of hydrogen-bond acceptors (Lipinski definition) is 3. The van der Waals surface area contributed by atoms with Gasteiger partial charge in [0.2, 0.25) is 5.91 Å². The quantitative estimate of drug-likeness (QED) is 0.928. The number of carbonyl (C=O) groups is 1. The van der Waals surface area contributed by atoms with Crippen molar-refractivity contribution in [2.45, 2.75) is 32.1 Å². The molecule has 1 heterocycles. The molecule has 2 saturated carbocycles. The van der Waals surface area contributed by atoms with Gasteiger partial charge < -0.3 is 14.8 Å². The van der Waals surface area contributed by atoms with E-state index in [1.807, 2.05) is 18.2 Å². The Hall–Kier alpha value is -1.71. The SMILES string of the molecule is O=C(C[C@H]1C[C@@H]2CC[C@@H]1C2)Nc1ccc2c(c1)OCCO2. The van der Waals surface area contributed by atoms with Crippen molar-refractivity contribution in [2.75, 3.05) is 18.5 Å². The van der Waals surface area contributed by atoms with Gasteiger partial charge in [-0.15, -0.1) is 0 Å². The van der Waals surface area contributed by atoms with Gasteiger partial charge in [0.1, 0.15) is 13.2 Å². The minimum absolute atomic E-state index is 0.129. The van der Waals surface area contributed by atoms with Gasteiger partial charge in [0, 0.05) is 18.2 Å². The fraction of sp³-hybridized carbons (Fsp3) is 0.588. The standard InChI is InChI=1S/C17H21NO3/c19-17(9-13-8-11-1-2-12(13)7-11)18-14-3-4-15-16(10-14)21-6-5-20-15/h3-4,10-13H,1-2,5-9H2,(H,18,19)/t11-,12-,13-/m1/s1. The number of benzene rings is 1. The number of carbonyl (C=O) groups excluding carboxylic acids is 1. The number of hydrogen-bond donors (Lipinski definition) is 1. The molecule has 112 valence electrons. The van der Waals surface area contributed by atoms with Crippen molar-refractivity contribution >= 4 is 11.6 Å². The van der Waals surface area contributed by atoms with E-state index in [-0.39, 0.29) is 5.91 Å². The molecule has 0 unspecified atom stereocenters. The van der Waals surface area contributed by atoms with Crippen LogP contribution in [-0.4, -0.2) is 19.1 Å². The molecule has 2 bridgehead atoms. The molecule has 1 aromatic carbocycles. The summed E-state index contributed by atoms with van der Waals surface area (Å²) in [7, 11) is 0. The van der Waals surface area contributed by atoms with E-state index in [9.17, 15) is 4.79 Å². The average Bonchev–Trinajstić information content (AvgIpc) is 3.09. The molecule has 0 saturated heterocycles. The Kier molecular flexibility index (Phi) is 3.24. The maximum absolute atomic E-state index is 12.2. The maximum Gasteiger partial charge on any atom is 0.224 e. The molecule has 1 aromatic rings. The second-order valence-electron chi connectivity index (χ2n) is 6.55. The predicted octanol–water partition coefficient (Wildman–Crippen LogP) is 3.22. The molecule has 21 heavy (non-hydrogen) atoms. The molecule has 1 amide bonds. The van der Waals surface area contributed by atoms with Gasteiger partial charge >= 0.3 is 0 Å². The van der Waals surface area contributed by atoms with Crippen molar-refractivity contribution < 1.29 is 14.3 Å². The van der Waals surface area contributed by atoms with E-state index in [4.69, 9.17) is 9.47 Å². The number of rotatable bonds is 3. The third-order valence-electron chi connectivity index (χ3n) is 5.16. The zero-order valence-electron chi connectivity index (χ0n) is 12.1. The van der Waals surface area contributed by atoms with E-state index in [1.165, 1.54) is 25.7 Å². The summed E-state index contributed by atoms with van der Waals surface area (Å²) in [4.78, 5) is 12.2. The van der Waals surface area contributed by atoms with Crippen LogP contribution in [0.1, 0.15) is 32.1 Å². The summed E-state index contributed by atoms with van der Waals surface area (Å²) in [6, 6.07) is 5.60. The molecule has 0 aromatic heterocycles. The summed E-state index contributed by atoms with van der Waals surface area (Å²) in [6.45, 7) is 1.15. The van der Waals surface area contributed by atoms with Crippen molar-refractivity contribution in [2.24, 2.45) is 17.8 Å². The molecular formula is C17H21NO3. The average molecular weight is 287 g/mol. The Morgan fingerprint density at radius 3 is 2.76 bits per heavy atom. The first-order valence-electron chi connectivity index (χ1n) is 7.97. The first kappa shape index (κ1) is 13.0. The summed E-state index contributed by atoms with van der Waals surface area (Å²) in [6.07, 6.45) is 5.97. The van der Waals surface area contributed by atoms with Crippen LogP contribution in [-0.2, 0) is 4.79 Å². The Labute approximate surface area is 124 Å². The Bertz CT molecular complexity index is 557. The normalized spacial score (nSPS) is 29.4. The first-order chi connectivity index (χ1) is 10.3. The highest BCUT2D eigenvalue weighted by Crippen LogP contribution is 2.49. The summed E-state index contributed by atoms with van der Waals surface area (Å²) < 4.78 is 11.0. The van der Waals surface area contributed by atoms with Crippen molar-refractivity contribution in [1.82, 2.24) is 0 Å². The molecule has 3 aliphatic rings.